The molecule has 0 bridgehead atoms. The maximum absolute atomic E-state index is 6.26. The number of fused-ring (bicyclic) bond motifs is 1. The predicted molar refractivity (Wildman–Crippen MR) is 112 cm³/mol. The van der Waals surface area contributed by atoms with E-state index in [1.807, 2.05) is 24.4 Å². The minimum Gasteiger partial charge on any atom is -0.488 e. The van der Waals surface area contributed by atoms with E-state index in [9.17, 15) is 0 Å². The number of para-hydroxylation sites is 1. The van der Waals surface area contributed by atoms with E-state index in [2.05, 4.69) is 29.5 Å². The molecule has 2 aliphatic rings. The Morgan fingerprint density at radius 1 is 1.04 bits per heavy atom. The molecule has 2 fully saturated rings. The predicted octanol–water partition coefficient (Wildman–Crippen LogP) is 3.91. The molecule has 0 radical (unpaired) electrons. The number of ether oxygens (including phenoxy) is 2. The molecule has 0 atom stereocenters. The molecule has 6 heteroatoms. The van der Waals surface area contributed by atoms with E-state index in [1.54, 1.807) is 0 Å². The SMILES string of the molecule is CC(C)N[C@H]1CC[C@H](Nc2ncc3cccc(OC4CCOCC4)c3n2)CC1. The van der Waals surface area contributed by atoms with Gasteiger partial charge >= 0.3 is 0 Å². The molecule has 28 heavy (non-hydrogen) atoms. The third-order valence-corrected chi connectivity index (χ3v) is 5.67. The first-order valence-corrected chi connectivity index (χ1v) is 10.7. The van der Waals surface area contributed by atoms with Crippen LogP contribution in [0.2, 0.25) is 0 Å². The lowest BCUT2D eigenvalue weighted by Gasteiger charge is -2.31. The first kappa shape index (κ1) is 19.4. The van der Waals surface area contributed by atoms with Crippen LogP contribution in [-0.2, 0) is 4.74 Å². The summed E-state index contributed by atoms with van der Waals surface area (Å²) in [7, 11) is 0. The quantitative estimate of drug-likeness (QED) is 0.787. The molecule has 0 spiro atoms. The van der Waals surface area contributed by atoms with E-state index in [0.717, 1.165) is 55.5 Å². The zero-order valence-electron chi connectivity index (χ0n) is 17.0. The summed E-state index contributed by atoms with van der Waals surface area (Å²) in [5, 5.41) is 8.22. The second-order valence-electron chi connectivity index (χ2n) is 8.33. The van der Waals surface area contributed by atoms with E-state index in [-0.39, 0.29) is 6.10 Å². The summed E-state index contributed by atoms with van der Waals surface area (Å²) in [5.41, 5.74) is 0.890. The highest BCUT2D eigenvalue weighted by Crippen LogP contribution is 2.28. The molecule has 2 N–H and O–H groups in total. The van der Waals surface area contributed by atoms with Crippen molar-refractivity contribution in [1.29, 1.82) is 0 Å². The van der Waals surface area contributed by atoms with Crippen LogP contribution in [0.1, 0.15) is 52.4 Å². The van der Waals surface area contributed by atoms with E-state index in [0.29, 0.717) is 24.1 Å². The Morgan fingerprint density at radius 3 is 2.54 bits per heavy atom. The highest BCUT2D eigenvalue weighted by atomic mass is 16.5. The van der Waals surface area contributed by atoms with Gasteiger partial charge in [0.25, 0.3) is 0 Å². The van der Waals surface area contributed by atoms with Crippen LogP contribution in [0.5, 0.6) is 5.75 Å². The molecule has 1 aliphatic heterocycles. The third kappa shape index (κ3) is 4.92. The number of nitrogens with zero attached hydrogens (tertiary/aromatic N) is 2. The van der Waals surface area contributed by atoms with E-state index >= 15 is 0 Å². The second kappa shape index (κ2) is 9.05. The van der Waals surface area contributed by atoms with Crippen LogP contribution in [0.15, 0.2) is 24.4 Å². The summed E-state index contributed by atoms with van der Waals surface area (Å²) < 4.78 is 11.7. The number of hydrogen-bond acceptors (Lipinski definition) is 6. The summed E-state index contributed by atoms with van der Waals surface area (Å²) in [5.74, 6) is 1.55. The van der Waals surface area contributed by atoms with Gasteiger partial charge in [0.05, 0.1) is 13.2 Å². The molecule has 1 aromatic carbocycles. The zero-order chi connectivity index (χ0) is 19.3. The molecule has 0 unspecified atom stereocenters. The van der Waals surface area contributed by atoms with Crippen molar-refractivity contribution in [2.45, 2.75) is 76.6 Å². The molecule has 1 saturated carbocycles. The molecule has 2 aromatic rings. The zero-order valence-corrected chi connectivity index (χ0v) is 17.0. The second-order valence-corrected chi connectivity index (χ2v) is 8.33. The van der Waals surface area contributed by atoms with Gasteiger partial charge in [-0.15, -0.1) is 0 Å². The molecule has 1 aliphatic carbocycles. The largest absolute Gasteiger partial charge is 0.488 e. The topological polar surface area (TPSA) is 68.3 Å². The Bertz CT molecular complexity index is 768. The highest BCUT2D eigenvalue weighted by Gasteiger charge is 2.22. The van der Waals surface area contributed by atoms with Crippen molar-refractivity contribution in [1.82, 2.24) is 15.3 Å². The maximum Gasteiger partial charge on any atom is 0.223 e. The van der Waals surface area contributed by atoms with Gasteiger partial charge in [-0.2, -0.15) is 0 Å². The van der Waals surface area contributed by atoms with Gasteiger partial charge in [-0.25, -0.2) is 9.97 Å². The Kier molecular flexibility index (Phi) is 6.27. The first-order valence-electron chi connectivity index (χ1n) is 10.7. The standard InChI is InChI=1S/C22H32N4O2/c1-15(2)24-17-6-8-18(9-7-17)25-22-23-14-16-4-3-5-20(21(16)26-22)28-19-10-12-27-13-11-19/h3-5,14-15,17-19,24H,6-13H2,1-2H3,(H,23,25,26)/t17-,18-. The van der Waals surface area contributed by atoms with Crippen molar-refractivity contribution in [2.75, 3.05) is 18.5 Å². The summed E-state index contributed by atoms with van der Waals surface area (Å²) in [6.45, 7) is 5.97. The lowest BCUT2D eigenvalue weighted by molar-refractivity contribution is 0.0261. The van der Waals surface area contributed by atoms with Crippen molar-refractivity contribution < 1.29 is 9.47 Å². The van der Waals surface area contributed by atoms with Gasteiger partial charge in [0.2, 0.25) is 5.95 Å². The molecule has 2 heterocycles. The number of rotatable bonds is 6. The third-order valence-electron chi connectivity index (χ3n) is 5.67. The molecular formula is C22H32N4O2. The Balaban J connectivity index is 1.43. The van der Waals surface area contributed by atoms with Crippen LogP contribution in [0.4, 0.5) is 5.95 Å². The molecule has 1 saturated heterocycles. The fourth-order valence-electron chi connectivity index (χ4n) is 4.22. The van der Waals surface area contributed by atoms with E-state index < -0.39 is 0 Å². The minimum atomic E-state index is 0.203. The van der Waals surface area contributed by atoms with Gasteiger partial charge in [-0.3, -0.25) is 0 Å². The fraction of sp³-hybridized carbons (Fsp3) is 0.636. The first-order chi connectivity index (χ1) is 13.7. The van der Waals surface area contributed by atoms with Crippen LogP contribution in [0.25, 0.3) is 10.9 Å². The van der Waals surface area contributed by atoms with Gasteiger partial charge < -0.3 is 20.1 Å². The Hall–Kier alpha value is -1.92. The normalized spacial score (nSPS) is 23.8. The van der Waals surface area contributed by atoms with Crippen LogP contribution >= 0.6 is 0 Å². The molecule has 6 nitrogen and oxygen atoms in total. The number of nitrogens with one attached hydrogen (secondary N) is 2. The molecule has 0 amide bonds. The number of hydrogen-bond donors (Lipinski definition) is 2. The Labute approximate surface area is 167 Å². The summed E-state index contributed by atoms with van der Waals surface area (Å²) in [6, 6.07) is 7.68. The average Bonchev–Trinajstić information content (AvgIpc) is 2.70. The monoisotopic (exact) mass is 384 g/mol. The van der Waals surface area contributed by atoms with Crippen molar-refractivity contribution in [3.8, 4) is 5.75 Å². The van der Waals surface area contributed by atoms with Gasteiger partial charge in [-0.05, 0) is 31.7 Å². The van der Waals surface area contributed by atoms with E-state index in [1.165, 1.54) is 12.8 Å². The summed E-state index contributed by atoms with van der Waals surface area (Å²) >= 11 is 0. The lowest BCUT2D eigenvalue weighted by Crippen LogP contribution is -2.40. The van der Waals surface area contributed by atoms with Gasteiger partial charge in [0.1, 0.15) is 17.4 Å². The van der Waals surface area contributed by atoms with Crippen molar-refractivity contribution in [3.63, 3.8) is 0 Å². The van der Waals surface area contributed by atoms with Gasteiger partial charge in [0.15, 0.2) is 0 Å². The summed E-state index contributed by atoms with van der Waals surface area (Å²) in [6.07, 6.45) is 8.64. The average molecular weight is 385 g/mol. The van der Waals surface area contributed by atoms with Gasteiger partial charge in [-0.1, -0.05) is 26.0 Å². The molecule has 1 aromatic heterocycles. The van der Waals surface area contributed by atoms with E-state index in [4.69, 9.17) is 14.5 Å². The van der Waals surface area contributed by atoms with Crippen LogP contribution < -0.4 is 15.4 Å². The number of benzene rings is 1. The van der Waals surface area contributed by atoms with Crippen molar-refractivity contribution in [2.24, 2.45) is 0 Å². The van der Waals surface area contributed by atoms with Gasteiger partial charge in [0, 0.05) is 42.6 Å². The Morgan fingerprint density at radius 2 is 1.79 bits per heavy atom. The molecule has 152 valence electrons. The van der Waals surface area contributed by atoms with Crippen LogP contribution in [0, 0.1) is 0 Å². The number of aromatic nitrogens is 2. The highest BCUT2D eigenvalue weighted by molar-refractivity contribution is 5.84. The van der Waals surface area contributed by atoms with Crippen molar-refractivity contribution in [3.05, 3.63) is 24.4 Å². The molecular weight excluding hydrogens is 352 g/mol. The summed E-state index contributed by atoms with van der Waals surface area (Å²) in [4.78, 5) is 9.35. The maximum atomic E-state index is 6.26. The van der Waals surface area contributed by atoms with Crippen LogP contribution in [0.3, 0.4) is 0 Å². The fourth-order valence-corrected chi connectivity index (χ4v) is 4.22. The number of anilines is 1. The smallest absolute Gasteiger partial charge is 0.223 e. The molecule has 4 rings (SSSR count). The van der Waals surface area contributed by atoms with Crippen molar-refractivity contribution >= 4 is 16.9 Å². The minimum absolute atomic E-state index is 0.203. The lowest BCUT2D eigenvalue weighted by atomic mass is 9.91. The van der Waals surface area contributed by atoms with Crippen LogP contribution in [-0.4, -0.2) is 47.4 Å².